The number of nitrogens with zero attached hydrogens (tertiary/aromatic N) is 2. The van der Waals surface area contributed by atoms with Crippen molar-refractivity contribution in [1.29, 1.82) is 0 Å². The van der Waals surface area contributed by atoms with E-state index in [0.717, 1.165) is 49.1 Å². The van der Waals surface area contributed by atoms with E-state index in [9.17, 15) is 0 Å². The van der Waals surface area contributed by atoms with Gasteiger partial charge in [-0.25, -0.2) is 0 Å². The van der Waals surface area contributed by atoms with Gasteiger partial charge in [-0.2, -0.15) is 0 Å². The van der Waals surface area contributed by atoms with Crippen molar-refractivity contribution < 1.29 is 9.47 Å². The molecule has 1 aliphatic heterocycles. The molecule has 2 aromatic carbocycles. The van der Waals surface area contributed by atoms with E-state index in [1.807, 2.05) is 37.3 Å². The standard InChI is InChI=1S/C23H32N4O2/c1-4-29-21-11-7-5-9-19(21)16-26-23(24-2)25-15-18-13-14-27(17-18)20-10-6-8-12-22(20)28-3/h5-12,18H,4,13-17H2,1-3H3,(H2,24,25,26). The second-order valence-electron chi connectivity index (χ2n) is 7.12. The number of aliphatic imine (C=N–C) groups is 1. The van der Waals surface area contributed by atoms with Crippen molar-refractivity contribution in [2.45, 2.75) is 19.9 Å². The monoisotopic (exact) mass is 396 g/mol. The number of benzene rings is 2. The maximum atomic E-state index is 5.70. The van der Waals surface area contributed by atoms with Crippen molar-refractivity contribution >= 4 is 11.6 Å². The number of ether oxygens (including phenoxy) is 2. The average Bonchev–Trinajstić information content (AvgIpc) is 3.24. The van der Waals surface area contributed by atoms with Gasteiger partial charge < -0.3 is 25.0 Å². The van der Waals surface area contributed by atoms with Crippen molar-refractivity contribution in [1.82, 2.24) is 10.6 Å². The molecule has 156 valence electrons. The van der Waals surface area contributed by atoms with Crippen LogP contribution in [0, 0.1) is 5.92 Å². The predicted molar refractivity (Wildman–Crippen MR) is 119 cm³/mol. The van der Waals surface area contributed by atoms with Crippen molar-refractivity contribution in [2.75, 3.05) is 45.3 Å². The van der Waals surface area contributed by atoms with Crippen molar-refractivity contribution in [3.8, 4) is 11.5 Å². The summed E-state index contributed by atoms with van der Waals surface area (Å²) in [5, 5.41) is 6.87. The molecule has 0 aromatic heterocycles. The Labute approximate surface area is 173 Å². The van der Waals surface area contributed by atoms with Gasteiger partial charge in [0.25, 0.3) is 0 Å². The van der Waals surface area contributed by atoms with Gasteiger partial charge in [-0.1, -0.05) is 30.3 Å². The molecule has 1 unspecified atom stereocenters. The highest BCUT2D eigenvalue weighted by Crippen LogP contribution is 2.31. The fourth-order valence-electron chi connectivity index (χ4n) is 3.70. The Balaban J connectivity index is 1.49. The van der Waals surface area contributed by atoms with E-state index in [-0.39, 0.29) is 0 Å². The van der Waals surface area contributed by atoms with E-state index >= 15 is 0 Å². The van der Waals surface area contributed by atoms with E-state index in [4.69, 9.17) is 9.47 Å². The summed E-state index contributed by atoms with van der Waals surface area (Å²) in [5.41, 5.74) is 2.30. The summed E-state index contributed by atoms with van der Waals surface area (Å²) in [5.74, 6) is 3.23. The number of nitrogens with one attached hydrogen (secondary N) is 2. The summed E-state index contributed by atoms with van der Waals surface area (Å²) in [6, 6.07) is 16.3. The minimum absolute atomic E-state index is 0.564. The van der Waals surface area contributed by atoms with E-state index in [1.165, 1.54) is 5.69 Å². The van der Waals surface area contributed by atoms with Gasteiger partial charge in [0.2, 0.25) is 0 Å². The van der Waals surface area contributed by atoms with Crippen LogP contribution in [-0.4, -0.2) is 46.4 Å². The summed E-state index contributed by atoms with van der Waals surface area (Å²) < 4.78 is 11.2. The van der Waals surface area contributed by atoms with Gasteiger partial charge in [0.1, 0.15) is 11.5 Å². The molecule has 2 N–H and O–H groups in total. The molecule has 1 saturated heterocycles. The third-order valence-electron chi connectivity index (χ3n) is 5.21. The van der Waals surface area contributed by atoms with Crippen LogP contribution in [0.25, 0.3) is 0 Å². The number of guanidine groups is 1. The molecule has 0 radical (unpaired) electrons. The molecule has 1 heterocycles. The van der Waals surface area contributed by atoms with Crippen LogP contribution in [0.2, 0.25) is 0 Å². The second kappa shape index (κ2) is 10.6. The van der Waals surface area contributed by atoms with Crippen LogP contribution < -0.4 is 25.0 Å². The molecule has 1 atom stereocenters. The SMILES string of the molecule is CCOc1ccccc1CNC(=NC)NCC1CCN(c2ccccc2OC)C1. The lowest BCUT2D eigenvalue weighted by Crippen LogP contribution is -2.40. The van der Waals surface area contributed by atoms with Gasteiger partial charge in [0.05, 0.1) is 19.4 Å². The van der Waals surface area contributed by atoms with Crippen LogP contribution >= 0.6 is 0 Å². The van der Waals surface area contributed by atoms with E-state index in [2.05, 4.69) is 38.7 Å². The fraction of sp³-hybridized carbons (Fsp3) is 0.435. The topological polar surface area (TPSA) is 58.1 Å². The van der Waals surface area contributed by atoms with Crippen LogP contribution in [0.4, 0.5) is 5.69 Å². The highest BCUT2D eigenvalue weighted by atomic mass is 16.5. The molecule has 0 saturated carbocycles. The second-order valence-corrected chi connectivity index (χ2v) is 7.12. The molecule has 0 bridgehead atoms. The van der Waals surface area contributed by atoms with Gasteiger partial charge in [0, 0.05) is 38.8 Å². The molecular weight excluding hydrogens is 364 g/mol. The maximum absolute atomic E-state index is 5.70. The molecule has 0 aliphatic carbocycles. The average molecular weight is 397 g/mol. The van der Waals surface area contributed by atoms with Gasteiger partial charge in [0.15, 0.2) is 5.96 Å². The highest BCUT2D eigenvalue weighted by Gasteiger charge is 2.24. The minimum Gasteiger partial charge on any atom is -0.495 e. The zero-order valence-corrected chi connectivity index (χ0v) is 17.6. The third-order valence-corrected chi connectivity index (χ3v) is 5.21. The van der Waals surface area contributed by atoms with E-state index < -0.39 is 0 Å². The lowest BCUT2D eigenvalue weighted by Gasteiger charge is -2.21. The Morgan fingerprint density at radius 1 is 1.10 bits per heavy atom. The normalized spacial score (nSPS) is 16.6. The number of hydrogen-bond donors (Lipinski definition) is 2. The fourth-order valence-corrected chi connectivity index (χ4v) is 3.70. The van der Waals surface area contributed by atoms with Gasteiger partial charge in [-0.15, -0.1) is 0 Å². The molecule has 0 spiro atoms. The van der Waals surface area contributed by atoms with E-state index in [0.29, 0.717) is 19.1 Å². The summed E-state index contributed by atoms with van der Waals surface area (Å²) in [4.78, 5) is 6.77. The number of hydrogen-bond acceptors (Lipinski definition) is 4. The lowest BCUT2D eigenvalue weighted by atomic mass is 10.1. The van der Waals surface area contributed by atoms with Gasteiger partial charge in [-0.05, 0) is 37.5 Å². The first-order chi connectivity index (χ1) is 14.2. The van der Waals surface area contributed by atoms with Crippen LogP contribution in [0.15, 0.2) is 53.5 Å². The third kappa shape index (κ3) is 5.56. The molecule has 3 rings (SSSR count). The lowest BCUT2D eigenvalue weighted by molar-refractivity contribution is 0.336. The molecule has 0 amide bonds. The minimum atomic E-state index is 0.564. The predicted octanol–water partition coefficient (Wildman–Crippen LogP) is 3.29. The Kier molecular flexibility index (Phi) is 7.61. The van der Waals surface area contributed by atoms with Crippen molar-refractivity contribution in [3.63, 3.8) is 0 Å². The Morgan fingerprint density at radius 2 is 1.86 bits per heavy atom. The zero-order chi connectivity index (χ0) is 20.5. The molecule has 1 aliphatic rings. The number of methoxy groups -OCH3 is 1. The Bertz CT molecular complexity index is 809. The quantitative estimate of drug-likeness (QED) is 0.530. The van der Waals surface area contributed by atoms with Crippen molar-refractivity contribution in [2.24, 2.45) is 10.9 Å². The first-order valence-corrected chi connectivity index (χ1v) is 10.3. The van der Waals surface area contributed by atoms with Crippen LogP contribution in [0.1, 0.15) is 18.9 Å². The summed E-state index contributed by atoms with van der Waals surface area (Å²) in [6.07, 6.45) is 1.15. The van der Waals surface area contributed by atoms with Crippen LogP contribution in [-0.2, 0) is 6.54 Å². The Morgan fingerprint density at radius 3 is 2.62 bits per heavy atom. The molecule has 6 heteroatoms. The number of anilines is 1. The smallest absolute Gasteiger partial charge is 0.191 e. The number of para-hydroxylation sites is 3. The molecule has 6 nitrogen and oxygen atoms in total. The van der Waals surface area contributed by atoms with Crippen LogP contribution in [0.5, 0.6) is 11.5 Å². The van der Waals surface area contributed by atoms with E-state index in [1.54, 1.807) is 14.2 Å². The first kappa shape index (κ1) is 20.8. The number of rotatable bonds is 8. The first-order valence-electron chi connectivity index (χ1n) is 10.3. The van der Waals surface area contributed by atoms with Gasteiger partial charge >= 0.3 is 0 Å². The largest absolute Gasteiger partial charge is 0.495 e. The molecule has 1 fully saturated rings. The molecule has 29 heavy (non-hydrogen) atoms. The van der Waals surface area contributed by atoms with Crippen LogP contribution in [0.3, 0.4) is 0 Å². The zero-order valence-electron chi connectivity index (χ0n) is 17.6. The summed E-state index contributed by atoms with van der Waals surface area (Å²) in [6.45, 7) is 6.28. The Hall–Kier alpha value is -2.89. The summed E-state index contributed by atoms with van der Waals surface area (Å²) in [7, 11) is 3.53. The highest BCUT2D eigenvalue weighted by molar-refractivity contribution is 5.79. The molecule has 2 aromatic rings. The molecular formula is C23H32N4O2. The summed E-state index contributed by atoms with van der Waals surface area (Å²) >= 11 is 0. The van der Waals surface area contributed by atoms with Gasteiger partial charge in [-0.3, -0.25) is 4.99 Å². The maximum Gasteiger partial charge on any atom is 0.191 e. The van der Waals surface area contributed by atoms with Crippen molar-refractivity contribution in [3.05, 3.63) is 54.1 Å².